The minimum atomic E-state index is 0.286. The van der Waals surface area contributed by atoms with Crippen LogP contribution in [-0.4, -0.2) is 21.8 Å². The van der Waals surface area contributed by atoms with Gasteiger partial charge in [-0.3, -0.25) is 0 Å². The van der Waals surface area contributed by atoms with Crippen LogP contribution in [0.3, 0.4) is 0 Å². The Morgan fingerprint density at radius 2 is 2.11 bits per heavy atom. The van der Waals surface area contributed by atoms with Crippen molar-refractivity contribution in [3.05, 3.63) is 42.0 Å². The molecule has 0 unspecified atom stereocenters. The van der Waals surface area contributed by atoms with E-state index in [-0.39, 0.29) is 6.04 Å². The van der Waals surface area contributed by atoms with Crippen LogP contribution in [0.5, 0.6) is 5.75 Å². The second-order valence-electron chi connectivity index (χ2n) is 4.64. The third kappa shape index (κ3) is 3.32. The van der Waals surface area contributed by atoms with Gasteiger partial charge in [-0.2, -0.15) is 5.10 Å². The molecule has 5 heteroatoms. The first kappa shape index (κ1) is 13.5. The van der Waals surface area contributed by atoms with Crippen molar-refractivity contribution in [2.24, 2.45) is 0 Å². The Bertz CT molecular complexity index is 522. The van der Waals surface area contributed by atoms with Crippen LogP contribution in [0.2, 0.25) is 0 Å². The molecule has 0 aliphatic rings. The predicted molar refractivity (Wildman–Crippen MR) is 73.9 cm³/mol. The van der Waals surface area contributed by atoms with Crippen LogP contribution < -0.4 is 10.1 Å². The highest BCUT2D eigenvalue weighted by Gasteiger charge is 2.09. The fourth-order valence-electron chi connectivity index (χ4n) is 1.93. The van der Waals surface area contributed by atoms with E-state index in [2.05, 4.69) is 35.3 Å². The average Bonchev–Trinajstić information content (AvgIpc) is 2.86. The highest BCUT2D eigenvalue weighted by atomic mass is 16.5. The van der Waals surface area contributed by atoms with E-state index in [1.807, 2.05) is 29.9 Å². The van der Waals surface area contributed by atoms with Gasteiger partial charge in [0.15, 0.2) is 5.82 Å². The second kappa shape index (κ2) is 6.33. The molecule has 0 atom stereocenters. The van der Waals surface area contributed by atoms with Crippen LogP contribution >= 0.6 is 0 Å². The number of nitrogens with zero attached hydrogens (tertiary/aromatic N) is 3. The van der Waals surface area contributed by atoms with Crippen LogP contribution in [0.4, 0.5) is 0 Å². The zero-order valence-corrected chi connectivity index (χ0v) is 11.6. The van der Waals surface area contributed by atoms with Crippen molar-refractivity contribution in [3.63, 3.8) is 0 Å². The fourth-order valence-corrected chi connectivity index (χ4v) is 1.93. The zero-order chi connectivity index (χ0) is 13.7. The number of hydrogen-bond donors (Lipinski definition) is 1. The molecule has 1 aromatic carbocycles. The van der Waals surface area contributed by atoms with Gasteiger partial charge in [-0.1, -0.05) is 18.2 Å². The molecule has 0 spiro atoms. The Kier molecular flexibility index (Phi) is 4.52. The van der Waals surface area contributed by atoms with Crippen LogP contribution in [0.15, 0.2) is 30.6 Å². The third-order valence-corrected chi connectivity index (χ3v) is 2.83. The molecular weight excluding hydrogens is 240 g/mol. The van der Waals surface area contributed by atoms with Crippen molar-refractivity contribution in [1.29, 1.82) is 0 Å². The summed E-state index contributed by atoms with van der Waals surface area (Å²) in [6, 6.07) is 8.30. The first-order chi connectivity index (χ1) is 9.22. The molecule has 102 valence electrons. The number of rotatable bonds is 6. The van der Waals surface area contributed by atoms with Crippen molar-refractivity contribution in [2.75, 3.05) is 7.05 Å². The van der Waals surface area contributed by atoms with E-state index >= 15 is 0 Å². The number of para-hydroxylation sites is 1. The molecular formula is C14H20N4O. The Morgan fingerprint density at radius 3 is 2.84 bits per heavy atom. The second-order valence-corrected chi connectivity index (χ2v) is 4.64. The molecule has 0 saturated carbocycles. The summed E-state index contributed by atoms with van der Waals surface area (Å²) in [6.45, 7) is 5.37. The summed E-state index contributed by atoms with van der Waals surface area (Å²) >= 11 is 0. The Morgan fingerprint density at radius 1 is 1.32 bits per heavy atom. The van der Waals surface area contributed by atoms with Crippen molar-refractivity contribution >= 4 is 0 Å². The molecule has 0 fully saturated rings. The van der Waals surface area contributed by atoms with Crippen LogP contribution in [-0.2, 0) is 13.2 Å². The van der Waals surface area contributed by atoms with Crippen LogP contribution in [0.1, 0.15) is 31.3 Å². The lowest BCUT2D eigenvalue weighted by atomic mass is 10.2. The van der Waals surface area contributed by atoms with Crippen molar-refractivity contribution < 1.29 is 4.74 Å². The lowest BCUT2D eigenvalue weighted by molar-refractivity contribution is 0.279. The number of hydrogen-bond acceptors (Lipinski definition) is 4. The van der Waals surface area contributed by atoms with Gasteiger partial charge >= 0.3 is 0 Å². The van der Waals surface area contributed by atoms with E-state index < -0.39 is 0 Å². The van der Waals surface area contributed by atoms with E-state index in [1.165, 1.54) is 0 Å². The van der Waals surface area contributed by atoms with E-state index in [1.54, 1.807) is 6.33 Å². The minimum absolute atomic E-state index is 0.286. The first-order valence-electron chi connectivity index (χ1n) is 6.46. The monoisotopic (exact) mass is 260 g/mol. The maximum Gasteiger partial charge on any atom is 0.165 e. The number of nitrogens with one attached hydrogen (secondary N) is 1. The summed E-state index contributed by atoms with van der Waals surface area (Å²) in [5.41, 5.74) is 1.14. The van der Waals surface area contributed by atoms with Gasteiger partial charge in [0, 0.05) is 18.2 Å². The maximum absolute atomic E-state index is 5.86. The molecule has 2 rings (SSSR count). The molecule has 0 bridgehead atoms. The van der Waals surface area contributed by atoms with Gasteiger partial charge in [-0.25, -0.2) is 9.67 Å². The average molecular weight is 260 g/mol. The van der Waals surface area contributed by atoms with Gasteiger partial charge in [0.1, 0.15) is 18.7 Å². The van der Waals surface area contributed by atoms with Gasteiger partial charge in [0.05, 0.1) is 0 Å². The van der Waals surface area contributed by atoms with Crippen molar-refractivity contribution in [3.8, 4) is 5.75 Å². The van der Waals surface area contributed by atoms with E-state index in [9.17, 15) is 0 Å². The topological polar surface area (TPSA) is 52.0 Å². The quantitative estimate of drug-likeness (QED) is 0.864. The number of ether oxygens (including phenoxy) is 1. The Hall–Kier alpha value is -1.88. The predicted octanol–water partition coefficient (Wildman–Crippen LogP) is 2.16. The number of benzene rings is 1. The van der Waals surface area contributed by atoms with Crippen LogP contribution in [0.25, 0.3) is 0 Å². The van der Waals surface area contributed by atoms with Crippen LogP contribution in [0, 0.1) is 0 Å². The molecule has 0 amide bonds. The molecule has 2 aromatic rings. The highest BCUT2D eigenvalue weighted by molar-refractivity contribution is 5.33. The van der Waals surface area contributed by atoms with Gasteiger partial charge in [-0.05, 0) is 27.0 Å². The summed E-state index contributed by atoms with van der Waals surface area (Å²) in [6.07, 6.45) is 1.57. The lowest BCUT2D eigenvalue weighted by Gasteiger charge is -2.13. The molecule has 0 aliphatic heterocycles. The fraction of sp³-hybridized carbons (Fsp3) is 0.429. The van der Waals surface area contributed by atoms with Gasteiger partial charge < -0.3 is 10.1 Å². The van der Waals surface area contributed by atoms with Gasteiger partial charge in [0.2, 0.25) is 0 Å². The third-order valence-electron chi connectivity index (χ3n) is 2.83. The standard InChI is InChI=1S/C14H20N4O/c1-11(2)18-14(16-10-17-18)9-19-13-7-5-4-6-12(13)8-15-3/h4-7,10-11,15H,8-9H2,1-3H3. The summed E-state index contributed by atoms with van der Waals surface area (Å²) < 4.78 is 7.74. The zero-order valence-electron chi connectivity index (χ0n) is 11.6. The summed E-state index contributed by atoms with van der Waals surface area (Å²) in [5.74, 6) is 1.73. The molecule has 0 radical (unpaired) electrons. The molecule has 19 heavy (non-hydrogen) atoms. The molecule has 1 N–H and O–H groups in total. The smallest absolute Gasteiger partial charge is 0.165 e. The SMILES string of the molecule is CNCc1ccccc1OCc1ncnn1C(C)C. The summed E-state index contributed by atoms with van der Waals surface area (Å²) in [7, 11) is 1.92. The molecule has 1 heterocycles. The Labute approximate surface area is 113 Å². The van der Waals surface area contributed by atoms with E-state index in [0.717, 1.165) is 23.7 Å². The molecule has 5 nitrogen and oxygen atoms in total. The maximum atomic E-state index is 5.86. The van der Waals surface area contributed by atoms with Crippen molar-refractivity contribution in [1.82, 2.24) is 20.1 Å². The lowest BCUT2D eigenvalue weighted by Crippen LogP contribution is -2.12. The molecule has 1 aromatic heterocycles. The molecule has 0 aliphatic carbocycles. The van der Waals surface area contributed by atoms with Gasteiger partial charge in [0.25, 0.3) is 0 Å². The van der Waals surface area contributed by atoms with E-state index in [0.29, 0.717) is 6.61 Å². The normalized spacial score (nSPS) is 10.9. The first-order valence-corrected chi connectivity index (χ1v) is 6.46. The number of aromatic nitrogens is 3. The Balaban J connectivity index is 2.08. The largest absolute Gasteiger partial charge is 0.485 e. The molecule has 0 saturated heterocycles. The summed E-state index contributed by atoms with van der Waals surface area (Å²) in [4.78, 5) is 4.24. The minimum Gasteiger partial charge on any atom is -0.485 e. The summed E-state index contributed by atoms with van der Waals surface area (Å²) in [5, 5.41) is 7.33. The van der Waals surface area contributed by atoms with Gasteiger partial charge in [-0.15, -0.1) is 0 Å². The van der Waals surface area contributed by atoms with E-state index in [4.69, 9.17) is 4.74 Å². The van der Waals surface area contributed by atoms with Crippen molar-refractivity contribution in [2.45, 2.75) is 33.0 Å². The highest BCUT2D eigenvalue weighted by Crippen LogP contribution is 2.19.